The number of hydrogen-bond acceptors (Lipinski definition) is 7. The summed E-state index contributed by atoms with van der Waals surface area (Å²) in [6.07, 6.45) is -0.485. The van der Waals surface area contributed by atoms with Crippen molar-refractivity contribution in [3.05, 3.63) is 45.6 Å². The minimum Gasteiger partial charge on any atom is -0.493 e. The summed E-state index contributed by atoms with van der Waals surface area (Å²) in [7, 11) is 3.25. The highest BCUT2D eigenvalue weighted by atomic mass is 32.1. The lowest BCUT2D eigenvalue weighted by Gasteiger charge is -2.18. The number of benzene rings is 1. The van der Waals surface area contributed by atoms with Crippen LogP contribution in [0.1, 0.15) is 34.4 Å². The molecule has 0 bridgehead atoms. The van der Waals surface area contributed by atoms with Gasteiger partial charge in [-0.3, -0.25) is 0 Å². The van der Waals surface area contributed by atoms with Crippen LogP contribution < -0.4 is 14.8 Å². The maximum Gasteiger partial charge on any atom is 0.414 e. The van der Waals surface area contributed by atoms with Crippen molar-refractivity contribution in [2.24, 2.45) is 0 Å². The number of aliphatic hydroxyl groups excluding tert-OH is 1. The minimum atomic E-state index is -1.82. The number of aryl methyl sites for hydroxylation is 1. The van der Waals surface area contributed by atoms with E-state index in [1.54, 1.807) is 25.6 Å². The molecule has 1 aromatic heterocycles. The van der Waals surface area contributed by atoms with Crippen LogP contribution in [0, 0.1) is 6.92 Å². The molecular formula is C19H25NO7S. The van der Waals surface area contributed by atoms with Gasteiger partial charge in [0.2, 0.25) is 0 Å². The van der Waals surface area contributed by atoms with Crippen molar-refractivity contribution in [1.82, 2.24) is 5.32 Å². The van der Waals surface area contributed by atoms with Crippen LogP contribution in [0.2, 0.25) is 0 Å². The van der Waals surface area contributed by atoms with Crippen LogP contribution in [-0.4, -0.2) is 48.0 Å². The molecule has 2 aromatic rings. The number of carboxylic acid groups (broad SMARTS) is 2. The predicted octanol–water partition coefficient (Wildman–Crippen LogP) is 2.61. The molecule has 28 heavy (non-hydrogen) atoms. The van der Waals surface area contributed by atoms with Crippen LogP contribution >= 0.6 is 11.3 Å². The Morgan fingerprint density at radius 1 is 1.07 bits per heavy atom. The van der Waals surface area contributed by atoms with E-state index >= 15 is 0 Å². The zero-order chi connectivity index (χ0) is 21.3. The molecule has 0 fully saturated rings. The Morgan fingerprint density at radius 3 is 2.14 bits per heavy atom. The van der Waals surface area contributed by atoms with Gasteiger partial charge in [0.15, 0.2) is 11.5 Å². The molecule has 154 valence electrons. The molecule has 1 aromatic carbocycles. The molecule has 2 unspecified atom stereocenters. The van der Waals surface area contributed by atoms with Gasteiger partial charge in [-0.25, -0.2) is 9.59 Å². The van der Waals surface area contributed by atoms with Gasteiger partial charge in [-0.05, 0) is 43.7 Å². The van der Waals surface area contributed by atoms with Crippen LogP contribution in [0.3, 0.4) is 0 Å². The largest absolute Gasteiger partial charge is 0.493 e. The van der Waals surface area contributed by atoms with Crippen molar-refractivity contribution in [2.75, 3.05) is 20.8 Å². The third-order valence-corrected chi connectivity index (χ3v) is 4.90. The topological polar surface area (TPSA) is 125 Å². The lowest BCUT2D eigenvalue weighted by atomic mass is 10.1. The first kappa shape index (κ1) is 23.4. The third kappa shape index (κ3) is 7.18. The molecule has 0 saturated carbocycles. The number of methoxy groups -OCH3 is 2. The summed E-state index contributed by atoms with van der Waals surface area (Å²) >= 11 is 1.63. The number of thiophene rings is 1. The Morgan fingerprint density at radius 2 is 1.68 bits per heavy atom. The molecule has 0 aliphatic carbocycles. The summed E-state index contributed by atoms with van der Waals surface area (Å²) in [6.45, 7) is 4.61. The second-order valence-electron chi connectivity index (χ2n) is 5.82. The number of hydrogen-bond donors (Lipinski definition) is 4. The van der Waals surface area contributed by atoms with E-state index in [2.05, 4.69) is 12.2 Å². The summed E-state index contributed by atoms with van der Waals surface area (Å²) in [4.78, 5) is 20.4. The van der Waals surface area contributed by atoms with E-state index in [0.717, 1.165) is 10.4 Å². The highest BCUT2D eigenvalue weighted by Crippen LogP contribution is 2.30. The smallest absolute Gasteiger partial charge is 0.414 e. The third-order valence-electron chi connectivity index (χ3n) is 3.80. The van der Waals surface area contributed by atoms with Crippen molar-refractivity contribution < 1.29 is 34.4 Å². The van der Waals surface area contributed by atoms with Crippen molar-refractivity contribution in [1.29, 1.82) is 0 Å². The zero-order valence-corrected chi connectivity index (χ0v) is 16.9. The Bertz CT molecular complexity index is 778. The van der Waals surface area contributed by atoms with Crippen LogP contribution in [0.5, 0.6) is 11.5 Å². The number of rotatable bonds is 7. The average Bonchev–Trinajstić information content (AvgIpc) is 3.12. The van der Waals surface area contributed by atoms with Gasteiger partial charge in [-0.2, -0.15) is 0 Å². The summed E-state index contributed by atoms with van der Waals surface area (Å²) in [5.41, 5.74) is 1.09. The number of ether oxygens (including phenoxy) is 2. The van der Waals surface area contributed by atoms with Crippen LogP contribution in [-0.2, 0) is 9.59 Å². The molecule has 0 aliphatic heterocycles. The van der Waals surface area contributed by atoms with Gasteiger partial charge >= 0.3 is 11.9 Å². The Hall–Kier alpha value is -2.62. The van der Waals surface area contributed by atoms with Gasteiger partial charge < -0.3 is 30.1 Å². The fourth-order valence-electron chi connectivity index (χ4n) is 2.26. The van der Waals surface area contributed by atoms with E-state index in [9.17, 15) is 5.11 Å². The van der Waals surface area contributed by atoms with E-state index in [1.165, 1.54) is 4.88 Å². The molecule has 0 aliphatic rings. The molecule has 0 saturated heterocycles. The molecule has 8 nitrogen and oxygen atoms in total. The van der Waals surface area contributed by atoms with E-state index < -0.39 is 18.0 Å². The standard InChI is InChI=1S/C17H23NO3S.C2H2O4/c1-11-5-8-17(22-11)14(19)10-18-12(2)13-6-7-15(20-3)16(9-13)21-4;3-1(4)2(5)6/h5-9,12,14,18-19H,10H2,1-4H3;(H,3,4)(H,5,6). The normalized spacial score (nSPS) is 12.3. The van der Waals surface area contributed by atoms with E-state index in [1.807, 2.05) is 37.3 Å². The summed E-state index contributed by atoms with van der Waals surface area (Å²) in [5, 5.41) is 28.4. The first-order valence-electron chi connectivity index (χ1n) is 8.35. The average molecular weight is 411 g/mol. The lowest BCUT2D eigenvalue weighted by Crippen LogP contribution is -2.24. The van der Waals surface area contributed by atoms with E-state index in [-0.39, 0.29) is 6.04 Å². The lowest BCUT2D eigenvalue weighted by molar-refractivity contribution is -0.159. The molecular weight excluding hydrogens is 386 g/mol. The summed E-state index contributed by atoms with van der Waals surface area (Å²) < 4.78 is 10.6. The number of carbonyl (C=O) groups is 2. The van der Waals surface area contributed by atoms with E-state index in [4.69, 9.17) is 29.3 Å². The second-order valence-corrected chi connectivity index (χ2v) is 7.14. The van der Waals surface area contributed by atoms with Crippen molar-refractivity contribution in [2.45, 2.75) is 26.0 Å². The van der Waals surface area contributed by atoms with Gasteiger partial charge in [0.05, 0.1) is 14.2 Å². The molecule has 2 rings (SSSR count). The number of aliphatic hydroxyl groups is 1. The molecule has 1 heterocycles. The highest BCUT2D eigenvalue weighted by Gasteiger charge is 2.14. The van der Waals surface area contributed by atoms with Gasteiger partial charge in [0.1, 0.15) is 6.10 Å². The highest BCUT2D eigenvalue weighted by molar-refractivity contribution is 7.12. The molecule has 9 heteroatoms. The maximum atomic E-state index is 10.2. The fraction of sp³-hybridized carbons (Fsp3) is 0.368. The number of nitrogens with one attached hydrogen (secondary N) is 1. The van der Waals surface area contributed by atoms with Gasteiger partial charge in [-0.1, -0.05) is 6.07 Å². The first-order chi connectivity index (χ1) is 13.2. The quantitative estimate of drug-likeness (QED) is 0.513. The Kier molecular flexibility index (Phi) is 9.43. The minimum absolute atomic E-state index is 0.107. The summed E-state index contributed by atoms with van der Waals surface area (Å²) in [5.74, 6) is -2.22. The van der Waals surface area contributed by atoms with Gasteiger partial charge in [-0.15, -0.1) is 11.3 Å². The molecule has 4 N–H and O–H groups in total. The second kappa shape index (κ2) is 11.3. The molecule has 0 spiro atoms. The molecule has 0 radical (unpaired) electrons. The first-order valence-corrected chi connectivity index (χ1v) is 9.17. The van der Waals surface area contributed by atoms with Gasteiger partial charge in [0, 0.05) is 22.3 Å². The summed E-state index contributed by atoms with van der Waals surface area (Å²) in [6, 6.07) is 9.97. The monoisotopic (exact) mass is 411 g/mol. The van der Waals surface area contributed by atoms with Crippen molar-refractivity contribution >= 4 is 23.3 Å². The SMILES string of the molecule is COc1ccc(C(C)NCC(O)c2ccc(C)s2)cc1OC.O=C(O)C(=O)O. The van der Waals surface area contributed by atoms with Crippen LogP contribution in [0.25, 0.3) is 0 Å². The Labute approximate surface area is 167 Å². The van der Waals surface area contributed by atoms with Crippen LogP contribution in [0.4, 0.5) is 0 Å². The predicted molar refractivity (Wildman–Crippen MR) is 105 cm³/mol. The zero-order valence-electron chi connectivity index (χ0n) is 16.1. The number of aliphatic carboxylic acids is 2. The number of carboxylic acids is 2. The van der Waals surface area contributed by atoms with Crippen molar-refractivity contribution in [3.8, 4) is 11.5 Å². The fourth-order valence-corrected chi connectivity index (χ4v) is 3.12. The van der Waals surface area contributed by atoms with E-state index in [0.29, 0.717) is 18.0 Å². The van der Waals surface area contributed by atoms with Crippen molar-refractivity contribution in [3.63, 3.8) is 0 Å². The molecule has 0 amide bonds. The Balaban J connectivity index is 0.000000568. The maximum absolute atomic E-state index is 10.2. The van der Waals surface area contributed by atoms with Crippen LogP contribution in [0.15, 0.2) is 30.3 Å². The van der Waals surface area contributed by atoms with Gasteiger partial charge in [0.25, 0.3) is 0 Å². The molecule has 2 atom stereocenters.